The van der Waals surface area contributed by atoms with Crippen molar-refractivity contribution in [3.8, 4) is 0 Å². The number of guanidine groups is 1. The van der Waals surface area contributed by atoms with Gasteiger partial charge >= 0.3 is 0 Å². The first-order valence-corrected chi connectivity index (χ1v) is 4.84. The number of aliphatic imine (C=N–C) groups is 1. The third-order valence-electron chi connectivity index (χ3n) is 2.51. The molecule has 1 aromatic rings. The number of nitrogens with zero attached hydrogens (tertiary/aromatic N) is 2. The molecule has 3 nitrogen and oxygen atoms in total. The van der Waals surface area contributed by atoms with Crippen molar-refractivity contribution in [3.05, 3.63) is 34.9 Å². The number of nitrogens with two attached hydrogens (primary N) is 1. The molecule has 4 heteroatoms. The fourth-order valence-corrected chi connectivity index (χ4v) is 1.71. The van der Waals surface area contributed by atoms with Crippen molar-refractivity contribution in [2.24, 2.45) is 10.7 Å². The van der Waals surface area contributed by atoms with E-state index in [9.17, 15) is 0 Å². The van der Waals surface area contributed by atoms with E-state index in [2.05, 4.69) is 4.99 Å². The highest BCUT2D eigenvalue weighted by atomic mass is 35.5. The van der Waals surface area contributed by atoms with Crippen LogP contribution < -0.4 is 5.73 Å². The monoisotopic (exact) mass is 209 g/mol. The number of rotatable bonds is 1. The van der Waals surface area contributed by atoms with Crippen LogP contribution in [0.4, 0.5) is 0 Å². The van der Waals surface area contributed by atoms with Crippen LogP contribution in [0.15, 0.2) is 29.3 Å². The van der Waals surface area contributed by atoms with Gasteiger partial charge in [-0.2, -0.15) is 0 Å². The fraction of sp³-hybridized carbons (Fsp3) is 0.300. The third-order valence-corrected chi connectivity index (χ3v) is 2.76. The average molecular weight is 210 g/mol. The number of hydrogen-bond donors (Lipinski definition) is 1. The summed E-state index contributed by atoms with van der Waals surface area (Å²) in [6.07, 6.45) is 0. The van der Waals surface area contributed by atoms with Gasteiger partial charge in [0.1, 0.15) is 0 Å². The second-order valence-electron chi connectivity index (χ2n) is 3.38. The van der Waals surface area contributed by atoms with Crippen molar-refractivity contribution in [2.75, 3.05) is 13.6 Å². The van der Waals surface area contributed by atoms with E-state index in [1.807, 2.05) is 36.2 Å². The summed E-state index contributed by atoms with van der Waals surface area (Å²) < 4.78 is 0. The number of hydrogen-bond acceptors (Lipinski definition) is 3. The van der Waals surface area contributed by atoms with Crippen molar-refractivity contribution in [1.82, 2.24) is 4.90 Å². The second-order valence-corrected chi connectivity index (χ2v) is 3.81. The Hall–Kier alpha value is -1.22. The number of halogens is 1. The van der Waals surface area contributed by atoms with E-state index < -0.39 is 0 Å². The first kappa shape index (κ1) is 9.34. The van der Waals surface area contributed by atoms with Crippen molar-refractivity contribution in [1.29, 1.82) is 0 Å². The highest BCUT2D eigenvalue weighted by molar-refractivity contribution is 6.30. The number of benzene rings is 1. The van der Waals surface area contributed by atoms with Crippen molar-refractivity contribution in [2.45, 2.75) is 6.04 Å². The standard InChI is InChI=1S/C10H12ClN3/c1-14-9(6-13-10(14)12)7-2-4-8(11)5-3-7/h2-5,9H,6H2,1H3,(H2,12,13). The van der Waals surface area contributed by atoms with Gasteiger partial charge in [0.05, 0.1) is 12.6 Å². The van der Waals surface area contributed by atoms with Gasteiger partial charge in [0, 0.05) is 12.1 Å². The van der Waals surface area contributed by atoms with Gasteiger partial charge in [-0.05, 0) is 17.7 Å². The molecule has 0 bridgehead atoms. The lowest BCUT2D eigenvalue weighted by Crippen LogP contribution is -2.32. The first-order chi connectivity index (χ1) is 6.68. The predicted molar refractivity (Wildman–Crippen MR) is 58.4 cm³/mol. The third kappa shape index (κ3) is 1.55. The Morgan fingerprint density at radius 3 is 2.57 bits per heavy atom. The highest BCUT2D eigenvalue weighted by Crippen LogP contribution is 2.24. The van der Waals surface area contributed by atoms with Crippen LogP contribution in [0, 0.1) is 0 Å². The zero-order valence-electron chi connectivity index (χ0n) is 7.94. The zero-order valence-corrected chi connectivity index (χ0v) is 8.70. The minimum Gasteiger partial charge on any atom is -0.370 e. The summed E-state index contributed by atoms with van der Waals surface area (Å²) in [5.41, 5.74) is 6.88. The van der Waals surface area contributed by atoms with Crippen LogP contribution in [-0.4, -0.2) is 24.5 Å². The maximum atomic E-state index is 5.82. The van der Waals surface area contributed by atoms with Crippen LogP contribution in [-0.2, 0) is 0 Å². The molecule has 1 aliphatic rings. The molecule has 0 radical (unpaired) electrons. The molecule has 0 saturated heterocycles. The summed E-state index contributed by atoms with van der Waals surface area (Å²) >= 11 is 5.82. The molecular weight excluding hydrogens is 198 g/mol. The van der Waals surface area contributed by atoms with E-state index in [-0.39, 0.29) is 6.04 Å². The lowest BCUT2D eigenvalue weighted by atomic mass is 10.1. The molecule has 0 spiro atoms. The van der Waals surface area contributed by atoms with Crippen LogP contribution in [0.25, 0.3) is 0 Å². The molecule has 1 unspecified atom stereocenters. The maximum absolute atomic E-state index is 5.82. The summed E-state index contributed by atoms with van der Waals surface area (Å²) in [6.45, 7) is 0.726. The topological polar surface area (TPSA) is 41.6 Å². The van der Waals surface area contributed by atoms with Crippen molar-refractivity contribution in [3.63, 3.8) is 0 Å². The Balaban J connectivity index is 2.22. The summed E-state index contributed by atoms with van der Waals surface area (Å²) in [7, 11) is 1.95. The van der Waals surface area contributed by atoms with Crippen LogP contribution in [0.5, 0.6) is 0 Å². The van der Waals surface area contributed by atoms with E-state index in [0.717, 1.165) is 11.6 Å². The Morgan fingerprint density at radius 2 is 2.07 bits per heavy atom. The molecule has 0 aliphatic carbocycles. The van der Waals surface area contributed by atoms with Gasteiger partial charge in [-0.3, -0.25) is 4.99 Å². The normalized spacial score (nSPS) is 21.1. The minimum atomic E-state index is 0.257. The SMILES string of the molecule is CN1C(N)=NCC1c1ccc(Cl)cc1. The molecule has 0 fully saturated rings. The Kier molecular flexibility index (Phi) is 2.33. The Morgan fingerprint density at radius 1 is 1.43 bits per heavy atom. The molecule has 2 rings (SSSR count). The van der Waals surface area contributed by atoms with Gasteiger partial charge in [0.25, 0.3) is 0 Å². The molecule has 1 aliphatic heterocycles. The van der Waals surface area contributed by atoms with Gasteiger partial charge in [-0.15, -0.1) is 0 Å². The Labute approximate surface area is 88.2 Å². The minimum absolute atomic E-state index is 0.257. The Bertz CT molecular complexity index is 358. The fourth-order valence-electron chi connectivity index (χ4n) is 1.59. The highest BCUT2D eigenvalue weighted by Gasteiger charge is 2.23. The molecule has 1 aromatic carbocycles. The quantitative estimate of drug-likeness (QED) is 0.764. The van der Waals surface area contributed by atoms with Gasteiger partial charge in [-0.25, -0.2) is 0 Å². The van der Waals surface area contributed by atoms with E-state index in [0.29, 0.717) is 5.96 Å². The van der Waals surface area contributed by atoms with Crippen molar-refractivity contribution >= 4 is 17.6 Å². The van der Waals surface area contributed by atoms with Gasteiger partial charge in [0.15, 0.2) is 5.96 Å². The summed E-state index contributed by atoms with van der Waals surface area (Å²) in [5.74, 6) is 0.602. The molecule has 1 heterocycles. The maximum Gasteiger partial charge on any atom is 0.191 e. The average Bonchev–Trinajstić information content (AvgIpc) is 2.50. The van der Waals surface area contributed by atoms with Gasteiger partial charge in [-0.1, -0.05) is 23.7 Å². The van der Waals surface area contributed by atoms with E-state index in [1.54, 1.807) is 0 Å². The molecular formula is C10H12ClN3. The molecule has 0 aromatic heterocycles. The van der Waals surface area contributed by atoms with Gasteiger partial charge in [0.2, 0.25) is 0 Å². The van der Waals surface area contributed by atoms with Gasteiger partial charge < -0.3 is 10.6 Å². The molecule has 74 valence electrons. The van der Waals surface area contributed by atoms with Crippen LogP contribution in [0.1, 0.15) is 11.6 Å². The summed E-state index contributed by atoms with van der Waals surface area (Å²) in [6, 6.07) is 8.06. The van der Waals surface area contributed by atoms with E-state index >= 15 is 0 Å². The molecule has 14 heavy (non-hydrogen) atoms. The van der Waals surface area contributed by atoms with E-state index in [1.165, 1.54) is 5.56 Å². The van der Waals surface area contributed by atoms with E-state index in [4.69, 9.17) is 17.3 Å². The van der Waals surface area contributed by atoms with Crippen molar-refractivity contribution < 1.29 is 0 Å². The largest absolute Gasteiger partial charge is 0.370 e. The molecule has 2 N–H and O–H groups in total. The lowest BCUT2D eigenvalue weighted by Gasteiger charge is -2.21. The summed E-state index contributed by atoms with van der Waals surface area (Å²) in [4.78, 5) is 6.16. The first-order valence-electron chi connectivity index (χ1n) is 4.46. The summed E-state index contributed by atoms with van der Waals surface area (Å²) in [5, 5.41) is 0.753. The molecule has 0 amide bonds. The lowest BCUT2D eigenvalue weighted by molar-refractivity contribution is 0.414. The smallest absolute Gasteiger partial charge is 0.191 e. The van der Waals surface area contributed by atoms with Crippen LogP contribution >= 0.6 is 11.6 Å². The second kappa shape index (κ2) is 3.50. The molecule has 0 saturated carbocycles. The van der Waals surface area contributed by atoms with Crippen LogP contribution in [0.3, 0.4) is 0 Å². The predicted octanol–water partition coefficient (Wildman–Crippen LogP) is 1.64. The molecule has 1 atom stereocenters. The van der Waals surface area contributed by atoms with Crippen LogP contribution in [0.2, 0.25) is 5.02 Å². The zero-order chi connectivity index (χ0) is 10.1. The number of likely N-dealkylation sites (N-methyl/N-ethyl adjacent to an activating group) is 1.